The van der Waals surface area contributed by atoms with Gasteiger partial charge >= 0.3 is 0 Å². The topological polar surface area (TPSA) is 24.5 Å². The molecular weight excluding hydrogens is 368 g/mol. The van der Waals surface area contributed by atoms with Gasteiger partial charge < -0.3 is 10.1 Å². The van der Waals surface area contributed by atoms with Crippen molar-refractivity contribution >= 4 is 0 Å². The number of hydrogen-bond donors (Lipinski definition) is 1. The fourth-order valence-electron chi connectivity index (χ4n) is 9.05. The first-order chi connectivity index (χ1) is 14.2. The van der Waals surface area contributed by atoms with Gasteiger partial charge in [-0.1, -0.05) is 38.5 Å². The SMILES string of the molecule is CNC(C)C1CCC2(C)C3CCC4C(=CC3=CCC12C)CCC1N(C)COCC41C. The Bertz CT molecular complexity index is 758. The highest BCUT2D eigenvalue weighted by Gasteiger charge is 2.61. The molecule has 3 heteroatoms. The Labute approximate surface area is 184 Å². The van der Waals surface area contributed by atoms with E-state index in [9.17, 15) is 0 Å². The summed E-state index contributed by atoms with van der Waals surface area (Å²) in [5.41, 5.74) is 4.55. The zero-order valence-electron chi connectivity index (χ0n) is 20.3. The molecule has 1 aliphatic heterocycles. The maximum Gasteiger partial charge on any atom is 0.0990 e. The molecular formula is C27H44N2O. The molecule has 1 saturated heterocycles. The summed E-state index contributed by atoms with van der Waals surface area (Å²) in [6, 6.07) is 1.28. The molecule has 168 valence electrons. The van der Waals surface area contributed by atoms with Crippen molar-refractivity contribution in [2.24, 2.45) is 34.0 Å². The molecule has 0 aromatic carbocycles. The largest absolute Gasteiger partial charge is 0.365 e. The maximum atomic E-state index is 6.10. The Morgan fingerprint density at radius 2 is 1.87 bits per heavy atom. The lowest BCUT2D eigenvalue weighted by Gasteiger charge is -2.55. The summed E-state index contributed by atoms with van der Waals surface area (Å²) < 4.78 is 6.10. The number of fused-ring (bicyclic) bond motifs is 6. The van der Waals surface area contributed by atoms with Crippen molar-refractivity contribution in [2.45, 2.75) is 84.7 Å². The van der Waals surface area contributed by atoms with Crippen LogP contribution in [0.3, 0.4) is 0 Å². The minimum Gasteiger partial charge on any atom is -0.365 e. The molecule has 1 N–H and O–H groups in total. The van der Waals surface area contributed by atoms with Crippen LogP contribution in [0.1, 0.15) is 72.6 Å². The van der Waals surface area contributed by atoms with E-state index in [0.29, 0.717) is 28.8 Å². The van der Waals surface area contributed by atoms with Gasteiger partial charge in [-0.2, -0.15) is 0 Å². The van der Waals surface area contributed by atoms with Crippen LogP contribution in [0.5, 0.6) is 0 Å². The summed E-state index contributed by atoms with van der Waals surface area (Å²) in [5, 5.41) is 3.60. The van der Waals surface area contributed by atoms with Crippen molar-refractivity contribution in [3.05, 3.63) is 23.3 Å². The first-order valence-electron chi connectivity index (χ1n) is 12.6. The smallest absolute Gasteiger partial charge is 0.0990 e. The molecule has 3 nitrogen and oxygen atoms in total. The molecule has 8 unspecified atom stereocenters. The second-order valence-corrected chi connectivity index (χ2v) is 12.2. The fourth-order valence-corrected chi connectivity index (χ4v) is 9.05. The van der Waals surface area contributed by atoms with Gasteiger partial charge in [0.1, 0.15) is 0 Å². The lowest BCUT2D eigenvalue weighted by molar-refractivity contribution is -0.143. The van der Waals surface area contributed by atoms with Gasteiger partial charge in [0.2, 0.25) is 0 Å². The number of nitrogens with zero attached hydrogens (tertiary/aromatic N) is 1. The van der Waals surface area contributed by atoms with E-state index in [-0.39, 0.29) is 5.41 Å². The Morgan fingerprint density at radius 1 is 1.10 bits per heavy atom. The molecule has 2 saturated carbocycles. The molecule has 3 fully saturated rings. The molecule has 5 rings (SSSR count). The summed E-state index contributed by atoms with van der Waals surface area (Å²) in [6.45, 7) is 12.0. The van der Waals surface area contributed by atoms with Crippen LogP contribution in [0.15, 0.2) is 23.3 Å². The fraction of sp³-hybridized carbons (Fsp3) is 0.852. The summed E-state index contributed by atoms with van der Waals surface area (Å²) >= 11 is 0. The quantitative estimate of drug-likeness (QED) is 0.658. The van der Waals surface area contributed by atoms with Crippen LogP contribution in [-0.4, -0.2) is 44.4 Å². The lowest BCUT2D eigenvalue weighted by atomic mass is 9.51. The standard InChI is InChI=1S/C27H44N2O/c1-18(28-5)21-12-14-27(4)23-9-8-22-19(15-20(23)11-13-26(21,27)3)7-10-24-25(22,2)16-30-17-29(24)6/h11,15,18,21-24,28H,7-10,12-14,16-17H2,1-6H3. The Hall–Kier alpha value is -0.640. The predicted octanol–water partition coefficient (Wildman–Crippen LogP) is 5.39. The van der Waals surface area contributed by atoms with E-state index in [0.717, 1.165) is 25.2 Å². The van der Waals surface area contributed by atoms with Crippen molar-refractivity contribution < 1.29 is 4.74 Å². The number of allylic oxidation sites excluding steroid dienone is 4. The van der Waals surface area contributed by atoms with Crippen LogP contribution >= 0.6 is 0 Å². The average Bonchev–Trinajstić information content (AvgIpc) is 2.87. The summed E-state index contributed by atoms with van der Waals surface area (Å²) in [7, 11) is 4.42. The predicted molar refractivity (Wildman–Crippen MR) is 124 cm³/mol. The van der Waals surface area contributed by atoms with Gasteiger partial charge in [-0.25, -0.2) is 0 Å². The Balaban J connectivity index is 1.48. The zero-order valence-corrected chi connectivity index (χ0v) is 20.3. The van der Waals surface area contributed by atoms with Gasteiger partial charge in [-0.15, -0.1) is 0 Å². The number of ether oxygens (including phenoxy) is 1. The minimum absolute atomic E-state index is 0.272. The summed E-state index contributed by atoms with van der Waals surface area (Å²) in [6.07, 6.45) is 14.7. The van der Waals surface area contributed by atoms with E-state index in [1.54, 1.807) is 11.1 Å². The Morgan fingerprint density at radius 3 is 2.63 bits per heavy atom. The molecule has 0 aromatic heterocycles. The highest BCUT2D eigenvalue weighted by Crippen LogP contribution is 2.68. The van der Waals surface area contributed by atoms with Crippen molar-refractivity contribution in [2.75, 3.05) is 27.4 Å². The van der Waals surface area contributed by atoms with Crippen LogP contribution in [0.25, 0.3) is 0 Å². The van der Waals surface area contributed by atoms with Crippen LogP contribution in [0, 0.1) is 34.0 Å². The molecule has 0 aromatic rings. The third-order valence-corrected chi connectivity index (χ3v) is 11.1. The molecule has 8 atom stereocenters. The van der Waals surface area contributed by atoms with Crippen molar-refractivity contribution in [3.8, 4) is 0 Å². The van der Waals surface area contributed by atoms with Crippen LogP contribution in [0.2, 0.25) is 0 Å². The van der Waals surface area contributed by atoms with E-state index in [4.69, 9.17) is 4.74 Å². The van der Waals surface area contributed by atoms with Crippen molar-refractivity contribution in [3.63, 3.8) is 0 Å². The van der Waals surface area contributed by atoms with Crippen LogP contribution in [0.4, 0.5) is 0 Å². The zero-order chi connectivity index (χ0) is 21.3. The van der Waals surface area contributed by atoms with Gasteiger partial charge in [0.25, 0.3) is 0 Å². The second kappa shape index (κ2) is 7.18. The van der Waals surface area contributed by atoms with E-state index < -0.39 is 0 Å². The van der Waals surface area contributed by atoms with Gasteiger partial charge in [-0.05, 0) is 100 Å². The first kappa shape index (κ1) is 21.2. The van der Waals surface area contributed by atoms with Gasteiger partial charge in [0, 0.05) is 17.5 Å². The third kappa shape index (κ3) is 2.74. The van der Waals surface area contributed by atoms with E-state index in [1.807, 2.05) is 0 Å². The number of nitrogens with one attached hydrogen (secondary N) is 1. The molecule has 0 amide bonds. The number of hydrogen-bond acceptors (Lipinski definition) is 3. The molecule has 4 aliphatic carbocycles. The van der Waals surface area contributed by atoms with Crippen LogP contribution < -0.4 is 5.32 Å². The van der Waals surface area contributed by atoms with E-state index >= 15 is 0 Å². The minimum atomic E-state index is 0.272. The molecule has 1 heterocycles. The van der Waals surface area contributed by atoms with Crippen LogP contribution in [-0.2, 0) is 4.74 Å². The van der Waals surface area contributed by atoms with Gasteiger partial charge in [-0.3, -0.25) is 4.90 Å². The molecule has 0 spiro atoms. The van der Waals surface area contributed by atoms with E-state index in [2.05, 4.69) is 64.2 Å². The number of rotatable bonds is 2. The maximum absolute atomic E-state index is 6.10. The van der Waals surface area contributed by atoms with Crippen molar-refractivity contribution in [1.29, 1.82) is 0 Å². The normalized spacial score (nSPS) is 49.7. The summed E-state index contributed by atoms with van der Waals surface area (Å²) in [5.74, 6) is 2.20. The average molecular weight is 413 g/mol. The monoisotopic (exact) mass is 412 g/mol. The molecule has 5 aliphatic rings. The van der Waals surface area contributed by atoms with Gasteiger partial charge in [0.05, 0.1) is 13.3 Å². The highest BCUT2D eigenvalue weighted by atomic mass is 16.5. The van der Waals surface area contributed by atoms with E-state index in [1.165, 1.54) is 44.9 Å². The van der Waals surface area contributed by atoms with Crippen molar-refractivity contribution in [1.82, 2.24) is 10.2 Å². The Kier molecular flexibility index (Phi) is 5.08. The van der Waals surface area contributed by atoms with Gasteiger partial charge in [0.15, 0.2) is 0 Å². The molecule has 30 heavy (non-hydrogen) atoms. The second-order valence-electron chi connectivity index (χ2n) is 12.2. The first-order valence-corrected chi connectivity index (χ1v) is 12.6. The molecule has 0 radical (unpaired) electrons. The summed E-state index contributed by atoms with van der Waals surface area (Å²) in [4.78, 5) is 2.48. The highest BCUT2D eigenvalue weighted by molar-refractivity contribution is 5.37. The lowest BCUT2D eigenvalue weighted by Crippen LogP contribution is -2.58. The third-order valence-electron chi connectivity index (χ3n) is 11.1. The molecule has 0 bridgehead atoms.